The van der Waals surface area contributed by atoms with E-state index < -0.39 is 0 Å². The monoisotopic (exact) mass is 690 g/mol. The number of benzene rings is 7. The molecule has 0 aliphatic carbocycles. The summed E-state index contributed by atoms with van der Waals surface area (Å²) in [5, 5.41) is 3.92. The lowest BCUT2D eigenvalue weighted by Crippen LogP contribution is -2.55. The van der Waals surface area contributed by atoms with Gasteiger partial charge in [0, 0.05) is 43.9 Å². The molecular weight excluding hydrogens is 667 g/mol. The minimum Gasteiger partial charge on any atom is -0.456 e. The number of hydrogen-bond acceptors (Lipinski definition) is 4. The number of para-hydroxylation sites is 1. The first kappa shape index (κ1) is 33.1. The number of rotatable bonds is 5. The second kappa shape index (κ2) is 12.8. The van der Waals surface area contributed by atoms with Crippen LogP contribution in [0.15, 0.2) is 144 Å². The average molecular weight is 690 g/mol. The molecule has 10 rings (SSSR count). The molecule has 10 heteroatoms. The highest BCUT2D eigenvalue weighted by Gasteiger charge is 2.21. The van der Waals surface area contributed by atoms with E-state index in [0.717, 1.165) is 71.7 Å². The van der Waals surface area contributed by atoms with Crippen LogP contribution in [0.3, 0.4) is 0 Å². The van der Waals surface area contributed by atoms with Gasteiger partial charge in [-0.05, 0) is 53.6 Å². The van der Waals surface area contributed by atoms with Crippen molar-refractivity contribution in [3.8, 4) is 51.0 Å². The van der Waals surface area contributed by atoms with E-state index in [2.05, 4.69) is 41.0 Å². The van der Waals surface area contributed by atoms with Crippen LogP contribution in [0.1, 0.15) is 0 Å². The fourth-order valence-electron chi connectivity index (χ4n) is 7.63. The molecule has 5 nitrogen and oxygen atoms in total. The largest absolute Gasteiger partial charge is 0.456 e. The molecule has 10 aromatic rings. The van der Waals surface area contributed by atoms with Gasteiger partial charge in [0.2, 0.25) is 0 Å². The molecule has 0 bridgehead atoms. The Morgan fingerprint density at radius 3 is 1.67 bits per heavy atom. The predicted molar refractivity (Wildman–Crippen MR) is 230 cm³/mol. The Labute approximate surface area is 323 Å². The number of nitrogens with zero attached hydrogens (tertiary/aromatic N) is 4. The van der Waals surface area contributed by atoms with Crippen molar-refractivity contribution in [1.82, 2.24) is 19.5 Å². The molecule has 3 aromatic heterocycles. The topological polar surface area (TPSA) is 56.7 Å². The summed E-state index contributed by atoms with van der Waals surface area (Å²) in [5.41, 5.74) is 9.62. The maximum Gasteiger partial charge on any atom is 0.164 e. The van der Waals surface area contributed by atoms with Crippen molar-refractivity contribution >= 4 is 110 Å². The van der Waals surface area contributed by atoms with Gasteiger partial charge in [0.15, 0.2) is 17.5 Å². The fraction of sp³-hybridized carbons (Fsp3) is 0. The van der Waals surface area contributed by atoms with Gasteiger partial charge in [-0.3, -0.25) is 0 Å². The molecule has 0 aliphatic rings. The van der Waals surface area contributed by atoms with Gasteiger partial charge in [-0.2, -0.15) is 0 Å². The van der Waals surface area contributed by atoms with E-state index in [9.17, 15) is 0 Å². The standard InChI is InChI=1S/C45H23B5N4O/c46-38-37(39(47)41(49)42(50)40(38)48)30-15-9-17-33-36(30)29-14-7-8-16-32(29)54(33)27-19-21-34-31(23-27)28-20-18-26(22-35(28)55-34)45-52-43(24-10-3-1-4-11-24)51-44(53-45)25-12-5-2-6-13-25/h1-23H. The quantitative estimate of drug-likeness (QED) is 0.224. The van der Waals surface area contributed by atoms with Crippen molar-refractivity contribution in [3.63, 3.8) is 0 Å². The van der Waals surface area contributed by atoms with Crippen LogP contribution in [-0.4, -0.2) is 58.8 Å². The van der Waals surface area contributed by atoms with Gasteiger partial charge in [0.1, 0.15) is 50.4 Å². The maximum atomic E-state index is 6.59. The summed E-state index contributed by atoms with van der Waals surface area (Å²) >= 11 is 0. The van der Waals surface area contributed by atoms with Crippen molar-refractivity contribution in [3.05, 3.63) is 140 Å². The normalized spacial score (nSPS) is 11.6. The zero-order valence-electron chi connectivity index (χ0n) is 29.4. The molecule has 7 aromatic carbocycles. The average Bonchev–Trinajstić information content (AvgIpc) is 3.78. The van der Waals surface area contributed by atoms with Gasteiger partial charge >= 0.3 is 0 Å². The second-order valence-corrected chi connectivity index (χ2v) is 13.5. The molecule has 244 valence electrons. The van der Waals surface area contributed by atoms with Gasteiger partial charge in [-0.25, -0.2) is 15.0 Å². The van der Waals surface area contributed by atoms with Crippen molar-refractivity contribution in [2.75, 3.05) is 0 Å². The van der Waals surface area contributed by atoms with E-state index in [4.69, 9.17) is 58.6 Å². The summed E-state index contributed by atoms with van der Waals surface area (Å²) in [4.78, 5) is 14.7. The third-order valence-electron chi connectivity index (χ3n) is 10.3. The fourth-order valence-corrected chi connectivity index (χ4v) is 7.63. The molecule has 0 saturated heterocycles. The first-order valence-electron chi connectivity index (χ1n) is 17.7. The molecule has 10 radical (unpaired) electrons. The predicted octanol–water partition coefficient (Wildman–Crippen LogP) is 5.51. The zero-order chi connectivity index (χ0) is 37.4. The summed E-state index contributed by atoms with van der Waals surface area (Å²) in [6.45, 7) is 0. The van der Waals surface area contributed by atoms with Crippen LogP contribution in [0.2, 0.25) is 0 Å². The van der Waals surface area contributed by atoms with E-state index in [1.54, 1.807) is 0 Å². The number of fused-ring (bicyclic) bond motifs is 6. The summed E-state index contributed by atoms with van der Waals surface area (Å²) in [6, 6.07) is 46.5. The van der Waals surface area contributed by atoms with Crippen molar-refractivity contribution in [2.24, 2.45) is 0 Å². The van der Waals surface area contributed by atoms with Crippen LogP contribution >= 0.6 is 0 Å². The lowest BCUT2D eigenvalue weighted by atomic mass is 9.59. The number of hydrogen-bond donors (Lipinski definition) is 0. The number of aromatic nitrogens is 4. The van der Waals surface area contributed by atoms with E-state index >= 15 is 0 Å². The van der Waals surface area contributed by atoms with Crippen molar-refractivity contribution < 1.29 is 4.42 Å². The summed E-state index contributed by atoms with van der Waals surface area (Å²) in [5.74, 6) is 1.76. The highest BCUT2D eigenvalue weighted by atomic mass is 16.3. The summed E-state index contributed by atoms with van der Waals surface area (Å²) < 4.78 is 8.72. The minimum absolute atomic E-state index is 0.184. The Bertz CT molecular complexity index is 3070. The van der Waals surface area contributed by atoms with Gasteiger partial charge in [0.05, 0.1) is 11.0 Å². The third-order valence-corrected chi connectivity index (χ3v) is 10.3. The minimum atomic E-state index is 0.184. The first-order valence-corrected chi connectivity index (χ1v) is 17.7. The highest BCUT2D eigenvalue weighted by Crippen LogP contribution is 2.39. The molecule has 0 saturated carbocycles. The van der Waals surface area contributed by atoms with Crippen LogP contribution in [0, 0.1) is 0 Å². The molecule has 0 aliphatic heterocycles. The van der Waals surface area contributed by atoms with Gasteiger partial charge in [-0.1, -0.05) is 108 Å². The Morgan fingerprint density at radius 2 is 1.00 bits per heavy atom. The molecule has 55 heavy (non-hydrogen) atoms. The van der Waals surface area contributed by atoms with Crippen LogP contribution in [-0.2, 0) is 0 Å². The zero-order valence-corrected chi connectivity index (χ0v) is 29.4. The van der Waals surface area contributed by atoms with Crippen LogP contribution in [0.25, 0.3) is 94.7 Å². The molecular formula is C45H23B5N4O. The summed E-state index contributed by atoms with van der Waals surface area (Å²) in [6.07, 6.45) is 0. The maximum absolute atomic E-state index is 6.59. The van der Waals surface area contributed by atoms with E-state index in [-0.39, 0.29) is 16.4 Å². The van der Waals surface area contributed by atoms with E-state index in [1.165, 1.54) is 0 Å². The lowest BCUT2D eigenvalue weighted by Gasteiger charge is -2.22. The van der Waals surface area contributed by atoms with Gasteiger partial charge in [0.25, 0.3) is 0 Å². The Balaban J connectivity index is 1.13. The lowest BCUT2D eigenvalue weighted by molar-refractivity contribution is 0.669. The molecule has 0 atom stereocenters. The van der Waals surface area contributed by atoms with E-state index in [1.807, 2.05) is 103 Å². The smallest absolute Gasteiger partial charge is 0.164 e. The van der Waals surface area contributed by atoms with Crippen LogP contribution in [0.4, 0.5) is 0 Å². The Kier molecular flexibility index (Phi) is 7.70. The molecule has 0 unspecified atom stereocenters. The summed E-state index contributed by atoms with van der Waals surface area (Å²) in [7, 11) is 32.0. The third kappa shape index (κ3) is 5.27. The molecule has 3 heterocycles. The molecule has 0 fully saturated rings. The number of furan rings is 1. The Hall–Kier alpha value is -6.53. The van der Waals surface area contributed by atoms with Crippen LogP contribution in [0.5, 0.6) is 0 Å². The molecule has 0 N–H and O–H groups in total. The highest BCUT2D eigenvalue weighted by molar-refractivity contribution is 6.69. The second-order valence-electron chi connectivity index (χ2n) is 13.5. The van der Waals surface area contributed by atoms with Crippen molar-refractivity contribution in [1.29, 1.82) is 0 Å². The first-order chi connectivity index (χ1) is 26.9. The van der Waals surface area contributed by atoms with Crippen molar-refractivity contribution in [2.45, 2.75) is 0 Å². The van der Waals surface area contributed by atoms with Gasteiger partial charge < -0.3 is 8.98 Å². The molecule has 0 amide bonds. The Morgan fingerprint density at radius 1 is 0.418 bits per heavy atom. The van der Waals surface area contributed by atoms with E-state index in [0.29, 0.717) is 34.0 Å². The van der Waals surface area contributed by atoms with Gasteiger partial charge in [-0.15, -0.1) is 16.4 Å². The molecule has 0 spiro atoms. The van der Waals surface area contributed by atoms with Crippen LogP contribution < -0.4 is 27.3 Å². The SMILES string of the molecule is [B]c1c([B])c([B])c(-c2cccc3c2c2ccccc2n3-c2ccc3oc4cc(-c5nc(-c6ccccc6)nc(-c6ccccc6)n5)ccc4c3c2)c([B])c1[B].